The molecule has 0 spiro atoms. The van der Waals surface area contributed by atoms with Crippen LogP contribution in [0.15, 0.2) is 24.3 Å². The third-order valence-corrected chi connectivity index (χ3v) is 7.90. The molecule has 0 radical (unpaired) electrons. The number of benzene rings is 1. The van der Waals surface area contributed by atoms with E-state index in [-0.39, 0.29) is 17.9 Å². The van der Waals surface area contributed by atoms with Crippen LogP contribution in [0.2, 0.25) is 0 Å². The lowest BCUT2D eigenvalue weighted by atomic mass is 9.99. The molecule has 4 heterocycles. The zero-order chi connectivity index (χ0) is 26.1. The highest BCUT2D eigenvalue weighted by Gasteiger charge is 2.28. The van der Waals surface area contributed by atoms with Crippen LogP contribution in [-0.2, 0) is 16.0 Å². The molecular formula is C28H35N7O2. The molecule has 2 aliphatic rings. The van der Waals surface area contributed by atoms with E-state index in [9.17, 15) is 14.9 Å². The minimum Gasteiger partial charge on any atom is -0.354 e. The van der Waals surface area contributed by atoms with Gasteiger partial charge in [0.05, 0.1) is 16.6 Å². The fourth-order valence-corrected chi connectivity index (χ4v) is 5.89. The second-order valence-corrected chi connectivity index (χ2v) is 10.2. The maximum absolute atomic E-state index is 12.0. The number of aromatic nitrogens is 2. The van der Waals surface area contributed by atoms with Crippen LogP contribution >= 0.6 is 0 Å². The molecule has 9 heteroatoms. The van der Waals surface area contributed by atoms with E-state index in [0.29, 0.717) is 24.3 Å². The SMILES string of the molecule is CC(=O)NC1CCN(CCc2c(C)c(C#N)c3nc4ccccc4n3c2N2CCN(C(C)=O)CC2)CC1. The fraction of sp³-hybridized carbons (Fsp3) is 0.500. The third kappa shape index (κ3) is 4.86. The van der Waals surface area contributed by atoms with E-state index in [1.54, 1.807) is 13.8 Å². The molecule has 1 N–H and O–H groups in total. The Kier molecular flexibility index (Phi) is 7.02. The second kappa shape index (κ2) is 10.4. The maximum atomic E-state index is 12.0. The lowest BCUT2D eigenvalue weighted by Gasteiger charge is -2.38. The first-order valence-electron chi connectivity index (χ1n) is 13.2. The second-order valence-electron chi connectivity index (χ2n) is 10.2. The average Bonchev–Trinajstić information content (AvgIpc) is 3.27. The quantitative estimate of drug-likeness (QED) is 0.577. The monoisotopic (exact) mass is 501 g/mol. The van der Waals surface area contributed by atoms with Crippen LogP contribution in [0.5, 0.6) is 0 Å². The van der Waals surface area contributed by atoms with E-state index in [0.717, 1.165) is 74.4 Å². The highest BCUT2D eigenvalue weighted by atomic mass is 16.2. The fourth-order valence-electron chi connectivity index (χ4n) is 5.89. The van der Waals surface area contributed by atoms with Crippen LogP contribution in [-0.4, -0.2) is 82.9 Å². The molecule has 2 amide bonds. The van der Waals surface area contributed by atoms with Gasteiger partial charge in [0.1, 0.15) is 11.9 Å². The number of hydrogen-bond donors (Lipinski definition) is 1. The number of carbonyl (C=O) groups is 2. The number of nitrogens with one attached hydrogen (secondary N) is 1. The zero-order valence-electron chi connectivity index (χ0n) is 22.0. The van der Waals surface area contributed by atoms with Crippen LogP contribution in [0.1, 0.15) is 43.4 Å². The number of piperazine rings is 1. The minimum absolute atomic E-state index is 0.0356. The molecule has 2 aromatic heterocycles. The van der Waals surface area contributed by atoms with E-state index < -0.39 is 0 Å². The van der Waals surface area contributed by atoms with Crippen molar-refractivity contribution in [3.05, 3.63) is 41.0 Å². The van der Waals surface area contributed by atoms with Gasteiger partial charge in [-0.15, -0.1) is 0 Å². The topological polar surface area (TPSA) is 97.0 Å². The summed E-state index contributed by atoms with van der Waals surface area (Å²) in [5, 5.41) is 13.2. The van der Waals surface area contributed by atoms with Gasteiger partial charge in [0.25, 0.3) is 0 Å². The average molecular weight is 502 g/mol. The number of anilines is 1. The molecule has 0 atom stereocenters. The molecule has 1 aromatic carbocycles. The Bertz CT molecular complexity index is 1370. The zero-order valence-corrected chi connectivity index (χ0v) is 22.0. The Hall–Kier alpha value is -3.64. The lowest BCUT2D eigenvalue weighted by molar-refractivity contribution is -0.129. The van der Waals surface area contributed by atoms with Gasteiger partial charge >= 0.3 is 0 Å². The van der Waals surface area contributed by atoms with Crippen molar-refractivity contribution in [1.29, 1.82) is 5.26 Å². The maximum Gasteiger partial charge on any atom is 0.219 e. The molecular weight excluding hydrogens is 466 g/mol. The molecule has 2 fully saturated rings. The van der Waals surface area contributed by atoms with Crippen molar-refractivity contribution in [1.82, 2.24) is 24.5 Å². The molecule has 0 saturated carbocycles. The number of rotatable bonds is 5. The summed E-state index contributed by atoms with van der Waals surface area (Å²) in [4.78, 5) is 35.0. The van der Waals surface area contributed by atoms with Crippen LogP contribution in [0.3, 0.4) is 0 Å². The molecule has 0 bridgehead atoms. The summed E-state index contributed by atoms with van der Waals surface area (Å²) in [7, 11) is 0. The molecule has 37 heavy (non-hydrogen) atoms. The summed E-state index contributed by atoms with van der Waals surface area (Å²) in [5.74, 6) is 1.24. The van der Waals surface area contributed by atoms with Crippen LogP contribution in [0, 0.1) is 18.3 Å². The van der Waals surface area contributed by atoms with Crippen molar-refractivity contribution in [2.24, 2.45) is 0 Å². The summed E-state index contributed by atoms with van der Waals surface area (Å²) in [6, 6.07) is 10.7. The Morgan fingerprint density at radius 1 is 1.08 bits per heavy atom. The van der Waals surface area contributed by atoms with Gasteiger partial charge < -0.3 is 20.0 Å². The number of nitrogens with zero attached hydrogens (tertiary/aromatic N) is 6. The van der Waals surface area contributed by atoms with E-state index >= 15 is 0 Å². The van der Waals surface area contributed by atoms with Crippen molar-refractivity contribution in [3.63, 3.8) is 0 Å². The Labute approximate surface area is 217 Å². The first-order valence-corrected chi connectivity index (χ1v) is 13.2. The molecule has 2 aliphatic heterocycles. The number of carbonyl (C=O) groups excluding carboxylic acids is 2. The highest BCUT2D eigenvalue weighted by Crippen LogP contribution is 2.34. The smallest absolute Gasteiger partial charge is 0.219 e. The normalized spacial score (nSPS) is 17.4. The van der Waals surface area contributed by atoms with E-state index in [2.05, 4.69) is 31.7 Å². The van der Waals surface area contributed by atoms with Crippen molar-refractivity contribution < 1.29 is 9.59 Å². The molecule has 5 rings (SSSR count). The van der Waals surface area contributed by atoms with Gasteiger partial charge in [-0.05, 0) is 49.4 Å². The third-order valence-electron chi connectivity index (χ3n) is 7.90. The number of piperidine rings is 1. The van der Waals surface area contributed by atoms with Gasteiger partial charge in [0.2, 0.25) is 11.8 Å². The van der Waals surface area contributed by atoms with Crippen molar-refractivity contribution >= 4 is 34.3 Å². The molecule has 3 aromatic rings. The Morgan fingerprint density at radius 3 is 2.43 bits per heavy atom. The summed E-state index contributed by atoms with van der Waals surface area (Å²) >= 11 is 0. The predicted octanol–water partition coefficient (Wildman–Crippen LogP) is 2.48. The number of likely N-dealkylation sites (tertiary alicyclic amines) is 1. The minimum atomic E-state index is 0.0356. The number of para-hydroxylation sites is 2. The molecule has 0 aliphatic carbocycles. The Morgan fingerprint density at radius 2 is 1.78 bits per heavy atom. The number of amides is 2. The van der Waals surface area contributed by atoms with Crippen molar-refractivity contribution in [2.45, 2.75) is 46.1 Å². The summed E-state index contributed by atoms with van der Waals surface area (Å²) in [6.45, 7) is 10.9. The Balaban J connectivity index is 1.52. The number of pyridine rings is 1. The summed E-state index contributed by atoms with van der Waals surface area (Å²) in [5.41, 5.74) is 5.36. The van der Waals surface area contributed by atoms with Gasteiger partial charge in [0, 0.05) is 65.7 Å². The lowest BCUT2D eigenvalue weighted by Crippen LogP contribution is -2.49. The molecule has 194 valence electrons. The molecule has 0 unspecified atom stereocenters. The first kappa shape index (κ1) is 25.0. The standard InChI is InChI=1S/C28H35N7O2/c1-19-23(10-13-32-11-8-22(9-12-32)30-20(2)36)28(34-16-14-33(15-17-34)21(3)37)35-26-7-5-4-6-25(26)31-27(35)24(19)18-29/h4-7,22H,8-17H2,1-3H3,(H,30,36). The van der Waals surface area contributed by atoms with E-state index in [4.69, 9.17) is 4.98 Å². The van der Waals surface area contributed by atoms with Crippen molar-refractivity contribution in [2.75, 3.05) is 50.7 Å². The molecule has 9 nitrogen and oxygen atoms in total. The highest BCUT2D eigenvalue weighted by molar-refractivity contribution is 5.86. The largest absolute Gasteiger partial charge is 0.354 e. The van der Waals surface area contributed by atoms with Gasteiger partial charge in [-0.2, -0.15) is 5.26 Å². The molecule has 2 saturated heterocycles. The van der Waals surface area contributed by atoms with Gasteiger partial charge in [-0.1, -0.05) is 12.1 Å². The number of fused-ring (bicyclic) bond motifs is 3. The summed E-state index contributed by atoms with van der Waals surface area (Å²) in [6.07, 6.45) is 2.72. The summed E-state index contributed by atoms with van der Waals surface area (Å²) < 4.78 is 2.17. The number of imidazole rings is 1. The van der Waals surface area contributed by atoms with E-state index in [1.165, 1.54) is 5.56 Å². The van der Waals surface area contributed by atoms with Crippen LogP contribution in [0.25, 0.3) is 16.7 Å². The number of hydrogen-bond acceptors (Lipinski definition) is 6. The van der Waals surface area contributed by atoms with Gasteiger partial charge in [0.15, 0.2) is 5.65 Å². The first-order chi connectivity index (χ1) is 17.9. The predicted molar refractivity (Wildman–Crippen MR) is 144 cm³/mol. The number of nitriles is 1. The van der Waals surface area contributed by atoms with Crippen molar-refractivity contribution in [3.8, 4) is 6.07 Å². The van der Waals surface area contributed by atoms with Gasteiger partial charge in [-0.3, -0.25) is 14.0 Å². The van der Waals surface area contributed by atoms with E-state index in [1.807, 2.05) is 30.0 Å². The van der Waals surface area contributed by atoms with Gasteiger partial charge in [-0.25, -0.2) is 4.98 Å². The van der Waals surface area contributed by atoms with Crippen LogP contribution in [0.4, 0.5) is 5.82 Å². The van der Waals surface area contributed by atoms with Crippen LogP contribution < -0.4 is 10.2 Å².